The van der Waals surface area contributed by atoms with Crippen molar-refractivity contribution in [3.63, 3.8) is 0 Å². The average molecular weight is 442 g/mol. The van der Waals surface area contributed by atoms with E-state index < -0.39 is 0 Å². The quantitative estimate of drug-likeness (QED) is 0.413. The van der Waals surface area contributed by atoms with Crippen LogP contribution >= 0.6 is 23.4 Å². The van der Waals surface area contributed by atoms with E-state index in [1.807, 2.05) is 23.1 Å². The zero-order chi connectivity index (χ0) is 21.1. The van der Waals surface area contributed by atoms with Gasteiger partial charge < -0.3 is 9.32 Å². The van der Waals surface area contributed by atoms with Crippen LogP contribution in [-0.4, -0.2) is 32.8 Å². The number of thioether (sulfide) groups is 1. The summed E-state index contributed by atoms with van der Waals surface area (Å²) in [4.78, 5) is 15.9. The van der Waals surface area contributed by atoms with Crippen molar-refractivity contribution in [1.82, 2.24) is 15.1 Å². The van der Waals surface area contributed by atoms with E-state index in [9.17, 15) is 4.79 Å². The molecule has 1 aliphatic carbocycles. The third-order valence-electron chi connectivity index (χ3n) is 5.09. The third-order valence-corrected chi connectivity index (χ3v) is 6.42. The van der Waals surface area contributed by atoms with Crippen molar-refractivity contribution in [3.8, 4) is 11.5 Å². The normalized spacial score (nSPS) is 13.6. The van der Waals surface area contributed by atoms with E-state index in [0.29, 0.717) is 40.6 Å². The Kier molecular flexibility index (Phi) is 6.44. The molecule has 30 heavy (non-hydrogen) atoms. The Morgan fingerprint density at radius 3 is 2.57 bits per heavy atom. The molecule has 0 spiro atoms. The van der Waals surface area contributed by atoms with Gasteiger partial charge in [0.25, 0.3) is 0 Å². The SMILES string of the molecule is CC(C)c1ccc(SCC(=O)N(Cc2nnc(-c3ccccc3Cl)o2)C2CC2)cc1. The molecule has 2 aromatic carbocycles. The molecule has 3 aromatic rings. The fourth-order valence-electron chi connectivity index (χ4n) is 3.19. The first-order valence-corrected chi connectivity index (χ1v) is 11.5. The molecule has 4 rings (SSSR count). The number of carbonyl (C=O) groups excluding carboxylic acids is 1. The van der Waals surface area contributed by atoms with Crippen LogP contribution < -0.4 is 0 Å². The minimum absolute atomic E-state index is 0.0907. The highest BCUT2D eigenvalue weighted by Crippen LogP contribution is 2.31. The Labute approximate surface area is 185 Å². The second-order valence-corrected chi connectivity index (χ2v) is 9.20. The summed E-state index contributed by atoms with van der Waals surface area (Å²) in [6, 6.07) is 16.0. The summed E-state index contributed by atoms with van der Waals surface area (Å²) in [6.45, 7) is 4.68. The van der Waals surface area contributed by atoms with E-state index in [0.717, 1.165) is 17.7 Å². The highest BCUT2D eigenvalue weighted by molar-refractivity contribution is 8.00. The molecule has 1 fully saturated rings. The Balaban J connectivity index is 1.39. The largest absolute Gasteiger partial charge is 0.419 e. The van der Waals surface area contributed by atoms with Crippen LogP contribution in [0, 0.1) is 0 Å². The van der Waals surface area contributed by atoms with Crippen LogP contribution in [0.3, 0.4) is 0 Å². The molecule has 0 atom stereocenters. The molecule has 1 heterocycles. The zero-order valence-corrected chi connectivity index (χ0v) is 18.6. The second kappa shape index (κ2) is 9.23. The van der Waals surface area contributed by atoms with Gasteiger partial charge in [-0.15, -0.1) is 22.0 Å². The van der Waals surface area contributed by atoms with Gasteiger partial charge in [0.1, 0.15) is 0 Å². The summed E-state index contributed by atoms with van der Waals surface area (Å²) in [6.07, 6.45) is 2.04. The molecule has 0 aliphatic heterocycles. The lowest BCUT2D eigenvalue weighted by Crippen LogP contribution is -2.34. The van der Waals surface area contributed by atoms with Crippen LogP contribution in [0.15, 0.2) is 57.8 Å². The number of halogens is 1. The van der Waals surface area contributed by atoms with Gasteiger partial charge in [-0.1, -0.05) is 49.7 Å². The number of hydrogen-bond donors (Lipinski definition) is 0. The molecule has 1 aromatic heterocycles. The van der Waals surface area contributed by atoms with Gasteiger partial charge in [0.15, 0.2) is 0 Å². The average Bonchev–Trinajstić information content (AvgIpc) is 3.49. The van der Waals surface area contributed by atoms with Gasteiger partial charge >= 0.3 is 0 Å². The van der Waals surface area contributed by atoms with E-state index in [1.165, 1.54) is 5.56 Å². The van der Waals surface area contributed by atoms with Crippen LogP contribution in [-0.2, 0) is 11.3 Å². The number of benzene rings is 2. The van der Waals surface area contributed by atoms with Gasteiger partial charge in [0.05, 0.1) is 22.9 Å². The summed E-state index contributed by atoms with van der Waals surface area (Å²) in [7, 11) is 0. The molecule has 1 saturated carbocycles. The van der Waals surface area contributed by atoms with Crippen LogP contribution in [0.1, 0.15) is 44.1 Å². The van der Waals surface area contributed by atoms with Crippen molar-refractivity contribution in [2.24, 2.45) is 0 Å². The summed E-state index contributed by atoms with van der Waals surface area (Å²) in [5, 5.41) is 8.80. The highest BCUT2D eigenvalue weighted by atomic mass is 35.5. The molecule has 156 valence electrons. The lowest BCUT2D eigenvalue weighted by Gasteiger charge is -2.20. The highest BCUT2D eigenvalue weighted by Gasteiger charge is 2.33. The molecule has 0 radical (unpaired) electrons. The molecule has 0 saturated heterocycles. The number of nitrogens with zero attached hydrogens (tertiary/aromatic N) is 3. The van der Waals surface area contributed by atoms with Gasteiger partial charge in [0.2, 0.25) is 17.7 Å². The van der Waals surface area contributed by atoms with E-state index in [-0.39, 0.29) is 11.9 Å². The molecule has 0 unspecified atom stereocenters. The van der Waals surface area contributed by atoms with Crippen molar-refractivity contribution in [2.75, 3.05) is 5.75 Å². The Morgan fingerprint density at radius 2 is 1.90 bits per heavy atom. The minimum atomic E-state index is 0.0907. The van der Waals surface area contributed by atoms with E-state index >= 15 is 0 Å². The molecular weight excluding hydrogens is 418 g/mol. The molecular formula is C23H24ClN3O2S. The fourth-order valence-corrected chi connectivity index (χ4v) is 4.19. The van der Waals surface area contributed by atoms with Crippen LogP contribution in [0.4, 0.5) is 0 Å². The maximum atomic E-state index is 12.9. The van der Waals surface area contributed by atoms with Crippen molar-refractivity contribution in [2.45, 2.75) is 50.1 Å². The van der Waals surface area contributed by atoms with Gasteiger partial charge in [-0.2, -0.15) is 0 Å². The Hall–Kier alpha value is -2.31. The number of rotatable bonds is 8. The summed E-state index contributed by atoms with van der Waals surface area (Å²) in [5.74, 6) is 1.78. The fraction of sp³-hybridized carbons (Fsp3) is 0.348. The number of amides is 1. The molecule has 0 N–H and O–H groups in total. The zero-order valence-electron chi connectivity index (χ0n) is 17.0. The predicted octanol–water partition coefficient (Wildman–Crippen LogP) is 5.80. The number of aromatic nitrogens is 2. The molecule has 7 heteroatoms. The maximum absolute atomic E-state index is 12.9. The van der Waals surface area contributed by atoms with E-state index in [1.54, 1.807) is 17.8 Å². The summed E-state index contributed by atoms with van der Waals surface area (Å²) >= 11 is 7.78. The number of hydrogen-bond acceptors (Lipinski definition) is 5. The van der Waals surface area contributed by atoms with Crippen molar-refractivity contribution < 1.29 is 9.21 Å². The van der Waals surface area contributed by atoms with Crippen LogP contribution in [0.5, 0.6) is 0 Å². The number of carbonyl (C=O) groups is 1. The molecule has 1 aliphatic rings. The molecule has 0 bridgehead atoms. The van der Waals surface area contributed by atoms with E-state index in [2.05, 4.69) is 48.3 Å². The van der Waals surface area contributed by atoms with Crippen molar-refractivity contribution in [3.05, 3.63) is 65.0 Å². The monoisotopic (exact) mass is 441 g/mol. The first-order valence-electron chi connectivity index (χ1n) is 10.1. The summed E-state index contributed by atoms with van der Waals surface area (Å²) in [5.41, 5.74) is 2.00. The van der Waals surface area contributed by atoms with Gasteiger partial charge in [-0.25, -0.2) is 0 Å². The predicted molar refractivity (Wildman–Crippen MR) is 120 cm³/mol. The smallest absolute Gasteiger partial charge is 0.249 e. The molecule has 5 nitrogen and oxygen atoms in total. The second-order valence-electron chi connectivity index (χ2n) is 7.75. The minimum Gasteiger partial charge on any atom is -0.419 e. The first-order chi connectivity index (χ1) is 14.5. The van der Waals surface area contributed by atoms with Gasteiger partial charge in [-0.05, 0) is 48.6 Å². The standard InChI is InChI=1S/C23H24ClN3O2S/c1-15(2)16-7-11-18(12-8-16)30-14-22(28)27(17-9-10-17)13-21-25-26-23(29-21)19-5-3-4-6-20(19)24/h3-8,11-12,15,17H,9-10,13-14H2,1-2H3. The Bertz CT molecular complexity index is 1020. The topological polar surface area (TPSA) is 59.2 Å². The first kappa shape index (κ1) is 20.9. The Morgan fingerprint density at radius 1 is 1.17 bits per heavy atom. The third kappa shape index (κ3) is 5.05. The lowest BCUT2D eigenvalue weighted by atomic mass is 10.0. The molecule has 1 amide bonds. The van der Waals surface area contributed by atoms with Gasteiger partial charge in [-0.3, -0.25) is 4.79 Å². The maximum Gasteiger partial charge on any atom is 0.249 e. The van der Waals surface area contributed by atoms with Crippen LogP contribution in [0.25, 0.3) is 11.5 Å². The van der Waals surface area contributed by atoms with Crippen molar-refractivity contribution >= 4 is 29.3 Å². The van der Waals surface area contributed by atoms with E-state index in [4.69, 9.17) is 16.0 Å². The lowest BCUT2D eigenvalue weighted by molar-refractivity contribution is -0.129. The summed E-state index contributed by atoms with van der Waals surface area (Å²) < 4.78 is 5.80. The van der Waals surface area contributed by atoms with Gasteiger partial charge in [0, 0.05) is 10.9 Å². The van der Waals surface area contributed by atoms with Crippen LogP contribution in [0.2, 0.25) is 5.02 Å². The van der Waals surface area contributed by atoms with Crippen molar-refractivity contribution in [1.29, 1.82) is 0 Å².